The third kappa shape index (κ3) is 30.0. The first-order chi connectivity index (χ1) is 28.3. The van der Waals surface area contributed by atoms with Gasteiger partial charge in [0.05, 0.1) is 25.4 Å². The highest BCUT2D eigenvalue weighted by atomic mass is 16.7. The number of hydrogen-bond donors (Lipinski definition) is 6. The Balaban J connectivity index is 2.16. The molecule has 0 saturated carbocycles. The number of unbranched alkanes of at least 4 members (excludes halogenated alkanes) is 30. The van der Waals surface area contributed by atoms with Crippen molar-refractivity contribution in [3.8, 4) is 0 Å². The fraction of sp³-hybridized carbons (Fsp3) is 0.939. The maximum Gasteiger partial charge on any atom is 0.220 e. The summed E-state index contributed by atoms with van der Waals surface area (Å²) in [5.74, 6) is -0.146. The standard InChI is InChI=1S/C49H95NO8/c1-3-5-7-9-11-13-14-15-16-17-18-19-20-21-22-23-24-25-26-27-28-29-31-33-35-37-39-45(53)50-42(43(52)38-36-34-32-30-12-10-8-6-4-2)41-57-49-48(56)47(55)46(54)44(40-51)58-49/h21-22,42-44,46-49,51-52,54-56H,3-20,23-41H2,1-2H3,(H,50,53)/b22-21-. The zero-order chi connectivity index (χ0) is 42.3. The first kappa shape index (κ1) is 54.9. The summed E-state index contributed by atoms with van der Waals surface area (Å²) < 4.78 is 11.2. The van der Waals surface area contributed by atoms with Crippen LogP contribution in [0.2, 0.25) is 0 Å². The highest BCUT2D eigenvalue weighted by Crippen LogP contribution is 2.23. The molecule has 6 N–H and O–H groups in total. The van der Waals surface area contributed by atoms with Gasteiger partial charge in [-0.25, -0.2) is 0 Å². The van der Waals surface area contributed by atoms with Crippen LogP contribution in [-0.4, -0.2) is 87.5 Å². The van der Waals surface area contributed by atoms with E-state index in [2.05, 4.69) is 31.3 Å². The first-order valence-electron chi connectivity index (χ1n) is 24.9. The molecule has 0 spiro atoms. The molecule has 58 heavy (non-hydrogen) atoms. The van der Waals surface area contributed by atoms with E-state index in [0.29, 0.717) is 12.8 Å². The smallest absolute Gasteiger partial charge is 0.220 e. The van der Waals surface area contributed by atoms with Gasteiger partial charge in [0.2, 0.25) is 5.91 Å². The Morgan fingerprint density at radius 1 is 0.569 bits per heavy atom. The molecule has 0 aromatic heterocycles. The maximum atomic E-state index is 13.0. The molecular formula is C49H95NO8. The van der Waals surface area contributed by atoms with Gasteiger partial charge in [0.25, 0.3) is 0 Å². The summed E-state index contributed by atoms with van der Waals surface area (Å²) in [6, 6.07) is -0.714. The number of nitrogens with one attached hydrogen (secondary N) is 1. The van der Waals surface area contributed by atoms with Gasteiger partial charge in [-0.15, -0.1) is 0 Å². The van der Waals surface area contributed by atoms with Crippen LogP contribution in [0.3, 0.4) is 0 Å². The van der Waals surface area contributed by atoms with Gasteiger partial charge in [-0.1, -0.05) is 206 Å². The van der Waals surface area contributed by atoms with E-state index in [1.165, 1.54) is 173 Å². The minimum atomic E-state index is -1.55. The van der Waals surface area contributed by atoms with Crippen LogP contribution >= 0.6 is 0 Å². The second-order valence-electron chi connectivity index (χ2n) is 17.6. The van der Waals surface area contributed by atoms with Crippen molar-refractivity contribution >= 4 is 5.91 Å². The number of allylic oxidation sites excluding steroid dienone is 2. The van der Waals surface area contributed by atoms with Crippen molar-refractivity contribution in [2.75, 3.05) is 13.2 Å². The molecule has 7 atom stereocenters. The molecule has 1 saturated heterocycles. The van der Waals surface area contributed by atoms with Crippen molar-refractivity contribution in [1.82, 2.24) is 5.32 Å². The van der Waals surface area contributed by atoms with Gasteiger partial charge in [-0.3, -0.25) is 4.79 Å². The van der Waals surface area contributed by atoms with Crippen LogP contribution in [0.1, 0.15) is 239 Å². The number of rotatable bonds is 42. The van der Waals surface area contributed by atoms with Gasteiger partial charge in [0.1, 0.15) is 24.4 Å². The Kier molecular flexibility index (Phi) is 37.9. The molecule has 1 fully saturated rings. The molecule has 344 valence electrons. The predicted molar refractivity (Wildman–Crippen MR) is 240 cm³/mol. The zero-order valence-corrected chi connectivity index (χ0v) is 37.8. The zero-order valence-electron chi connectivity index (χ0n) is 37.8. The topological polar surface area (TPSA) is 149 Å². The molecular weight excluding hydrogens is 731 g/mol. The summed E-state index contributed by atoms with van der Waals surface area (Å²) in [6.45, 7) is 3.82. The lowest BCUT2D eigenvalue weighted by atomic mass is 9.99. The van der Waals surface area contributed by atoms with Crippen LogP contribution in [0.15, 0.2) is 12.2 Å². The quantitative estimate of drug-likeness (QED) is 0.0263. The van der Waals surface area contributed by atoms with Gasteiger partial charge >= 0.3 is 0 Å². The molecule has 0 radical (unpaired) electrons. The van der Waals surface area contributed by atoms with Crippen molar-refractivity contribution in [2.45, 2.75) is 281 Å². The summed E-state index contributed by atoms with van der Waals surface area (Å²) in [5.41, 5.74) is 0. The minimum absolute atomic E-state index is 0.136. The highest BCUT2D eigenvalue weighted by Gasteiger charge is 2.44. The molecule has 0 bridgehead atoms. The summed E-state index contributed by atoms with van der Waals surface area (Å²) >= 11 is 0. The Labute approximate surface area is 356 Å². The SMILES string of the molecule is CCCCCCCCCCCCCC/C=C\CCCCCCCCCCCCC(=O)NC(COC1OC(CO)C(O)C(O)C1O)C(O)CCCCCCCCCCC. The van der Waals surface area contributed by atoms with Gasteiger partial charge in [0.15, 0.2) is 6.29 Å². The van der Waals surface area contributed by atoms with Gasteiger partial charge in [-0.2, -0.15) is 0 Å². The van der Waals surface area contributed by atoms with Crippen LogP contribution in [0.4, 0.5) is 0 Å². The number of hydrogen-bond acceptors (Lipinski definition) is 8. The van der Waals surface area contributed by atoms with E-state index in [1.54, 1.807) is 0 Å². The summed E-state index contributed by atoms with van der Waals surface area (Å²) in [4.78, 5) is 13.0. The minimum Gasteiger partial charge on any atom is -0.394 e. The lowest BCUT2D eigenvalue weighted by Crippen LogP contribution is -2.60. The van der Waals surface area contributed by atoms with Crippen molar-refractivity contribution in [1.29, 1.82) is 0 Å². The maximum absolute atomic E-state index is 13.0. The molecule has 1 aliphatic heterocycles. The third-order valence-electron chi connectivity index (χ3n) is 12.1. The van der Waals surface area contributed by atoms with Gasteiger partial charge < -0.3 is 40.3 Å². The van der Waals surface area contributed by atoms with E-state index >= 15 is 0 Å². The van der Waals surface area contributed by atoms with E-state index < -0.39 is 49.5 Å². The summed E-state index contributed by atoms with van der Waals surface area (Å²) in [5, 5.41) is 54.2. The molecule has 1 heterocycles. The molecule has 0 aromatic rings. The second-order valence-corrected chi connectivity index (χ2v) is 17.6. The molecule has 1 aliphatic rings. The molecule has 0 aromatic carbocycles. The Hall–Kier alpha value is -1.07. The number of carbonyl (C=O) groups excluding carboxylic acids is 1. The lowest BCUT2D eigenvalue weighted by molar-refractivity contribution is -0.302. The van der Waals surface area contributed by atoms with Crippen LogP contribution in [0.25, 0.3) is 0 Å². The summed E-state index contributed by atoms with van der Waals surface area (Å²) in [6.07, 6.45) is 39.6. The Morgan fingerprint density at radius 3 is 1.40 bits per heavy atom. The number of aliphatic hydroxyl groups is 5. The van der Waals surface area contributed by atoms with E-state index in [1.807, 2.05) is 0 Å². The summed E-state index contributed by atoms with van der Waals surface area (Å²) in [7, 11) is 0. The second kappa shape index (κ2) is 40.0. The van der Waals surface area contributed by atoms with Crippen molar-refractivity contribution in [3.63, 3.8) is 0 Å². The van der Waals surface area contributed by atoms with Crippen LogP contribution < -0.4 is 5.32 Å². The monoisotopic (exact) mass is 826 g/mol. The number of aliphatic hydroxyl groups excluding tert-OH is 5. The van der Waals surface area contributed by atoms with Crippen molar-refractivity contribution in [2.24, 2.45) is 0 Å². The average Bonchev–Trinajstić information content (AvgIpc) is 3.22. The van der Waals surface area contributed by atoms with Crippen LogP contribution in [0, 0.1) is 0 Å². The largest absolute Gasteiger partial charge is 0.394 e. The average molecular weight is 826 g/mol. The molecule has 7 unspecified atom stereocenters. The fourth-order valence-corrected chi connectivity index (χ4v) is 8.10. The van der Waals surface area contributed by atoms with Crippen molar-refractivity contribution < 1.29 is 39.8 Å². The normalized spacial score (nSPS) is 20.8. The molecule has 0 aliphatic carbocycles. The lowest BCUT2D eigenvalue weighted by Gasteiger charge is -2.40. The van der Waals surface area contributed by atoms with E-state index in [-0.39, 0.29) is 12.5 Å². The number of amides is 1. The molecule has 1 amide bonds. The van der Waals surface area contributed by atoms with Crippen molar-refractivity contribution in [3.05, 3.63) is 12.2 Å². The fourth-order valence-electron chi connectivity index (χ4n) is 8.10. The highest BCUT2D eigenvalue weighted by molar-refractivity contribution is 5.76. The van der Waals surface area contributed by atoms with E-state index in [4.69, 9.17) is 9.47 Å². The first-order valence-corrected chi connectivity index (χ1v) is 24.9. The van der Waals surface area contributed by atoms with Gasteiger partial charge in [-0.05, 0) is 38.5 Å². The molecule has 9 nitrogen and oxygen atoms in total. The Bertz CT molecular complexity index is 919. The Morgan fingerprint density at radius 2 is 0.966 bits per heavy atom. The van der Waals surface area contributed by atoms with Crippen LogP contribution in [-0.2, 0) is 14.3 Å². The van der Waals surface area contributed by atoms with E-state index in [0.717, 1.165) is 38.5 Å². The number of carbonyl (C=O) groups is 1. The van der Waals surface area contributed by atoms with E-state index in [9.17, 15) is 30.3 Å². The van der Waals surface area contributed by atoms with Gasteiger partial charge in [0, 0.05) is 6.42 Å². The molecule has 9 heteroatoms. The van der Waals surface area contributed by atoms with Crippen LogP contribution in [0.5, 0.6) is 0 Å². The number of ether oxygens (including phenoxy) is 2. The third-order valence-corrected chi connectivity index (χ3v) is 12.1. The molecule has 1 rings (SSSR count). The predicted octanol–water partition coefficient (Wildman–Crippen LogP) is 10.9.